The van der Waals surface area contributed by atoms with Crippen LogP contribution in [0.25, 0.3) is 0 Å². The standard InChI is InChI=1S/C14H12BrF2NS/c1-8(18)9-2-5-14(11(15)6-9)19-10-3-4-12(16)13(17)7-10/h2-8H,18H2,1H3/t8-/m0/s1. The molecule has 0 saturated heterocycles. The maximum absolute atomic E-state index is 13.1. The van der Waals surface area contributed by atoms with Crippen molar-refractivity contribution in [3.05, 3.63) is 58.1 Å². The van der Waals surface area contributed by atoms with Crippen molar-refractivity contribution in [3.8, 4) is 0 Å². The van der Waals surface area contributed by atoms with Crippen LogP contribution in [-0.2, 0) is 0 Å². The second-order valence-corrected chi connectivity index (χ2v) is 6.13. The minimum absolute atomic E-state index is 0.0429. The van der Waals surface area contributed by atoms with Gasteiger partial charge in [0.05, 0.1) is 0 Å². The van der Waals surface area contributed by atoms with Crippen molar-refractivity contribution in [3.63, 3.8) is 0 Å². The van der Waals surface area contributed by atoms with E-state index < -0.39 is 11.6 Å². The Morgan fingerprint density at radius 2 is 1.84 bits per heavy atom. The predicted molar refractivity (Wildman–Crippen MR) is 77.2 cm³/mol. The van der Waals surface area contributed by atoms with Crippen LogP contribution in [0.1, 0.15) is 18.5 Å². The highest BCUT2D eigenvalue weighted by Crippen LogP contribution is 2.35. The van der Waals surface area contributed by atoms with E-state index in [2.05, 4.69) is 15.9 Å². The van der Waals surface area contributed by atoms with Gasteiger partial charge in [0.1, 0.15) is 0 Å². The molecule has 2 aromatic rings. The molecule has 0 bridgehead atoms. The summed E-state index contributed by atoms with van der Waals surface area (Å²) in [4.78, 5) is 1.57. The van der Waals surface area contributed by atoms with Gasteiger partial charge < -0.3 is 5.73 Å². The zero-order valence-electron chi connectivity index (χ0n) is 10.2. The third-order valence-corrected chi connectivity index (χ3v) is 4.58. The third-order valence-electron chi connectivity index (χ3n) is 2.60. The Bertz CT molecular complexity index is 602. The van der Waals surface area contributed by atoms with Crippen LogP contribution in [0.3, 0.4) is 0 Å². The highest BCUT2D eigenvalue weighted by atomic mass is 79.9. The average Bonchev–Trinajstić information content (AvgIpc) is 2.36. The number of rotatable bonds is 3. The molecule has 0 saturated carbocycles. The van der Waals surface area contributed by atoms with Gasteiger partial charge >= 0.3 is 0 Å². The zero-order valence-corrected chi connectivity index (χ0v) is 12.6. The van der Waals surface area contributed by atoms with Crippen molar-refractivity contribution in [1.29, 1.82) is 0 Å². The fraction of sp³-hybridized carbons (Fsp3) is 0.143. The van der Waals surface area contributed by atoms with E-state index in [0.29, 0.717) is 4.90 Å². The molecule has 2 N–H and O–H groups in total. The predicted octanol–water partition coefficient (Wildman–Crippen LogP) is 4.90. The van der Waals surface area contributed by atoms with Crippen LogP contribution in [0, 0.1) is 11.6 Å². The molecule has 0 aromatic heterocycles. The summed E-state index contributed by atoms with van der Waals surface area (Å²) in [6, 6.07) is 9.60. The molecule has 0 spiro atoms. The molecule has 0 radical (unpaired) electrons. The van der Waals surface area contributed by atoms with Crippen LogP contribution in [0.4, 0.5) is 8.78 Å². The number of halogens is 3. The van der Waals surface area contributed by atoms with E-state index >= 15 is 0 Å². The van der Waals surface area contributed by atoms with E-state index in [1.54, 1.807) is 6.07 Å². The lowest BCUT2D eigenvalue weighted by Crippen LogP contribution is -2.04. The molecule has 1 nitrogen and oxygen atoms in total. The monoisotopic (exact) mass is 343 g/mol. The van der Waals surface area contributed by atoms with Crippen molar-refractivity contribution in [2.75, 3.05) is 0 Å². The van der Waals surface area contributed by atoms with Gasteiger partial charge in [0, 0.05) is 20.3 Å². The molecule has 2 rings (SSSR count). The molecule has 19 heavy (non-hydrogen) atoms. The fourth-order valence-electron chi connectivity index (χ4n) is 1.55. The summed E-state index contributed by atoms with van der Waals surface area (Å²) in [5.41, 5.74) is 6.82. The molecule has 0 fully saturated rings. The number of hydrogen-bond acceptors (Lipinski definition) is 2. The van der Waals surface area contributed by atoms with E-state index in [4.69, 9.17) is 5.73 Å². The van der Waals surface area contributed by atoms with E-state index in [-0.39, 0.29) is 6.04 Å². The lowest BCUT2D eigenvalue weighted by atomic mass is 10.1. The Kier molecular flexibility index (Phi) is 4.60. The summed E-state index contributed by atoms with van der Waals surface area (Å²) in [7, 11) is 0. The second-order valence-electron chi connectivity index (χ2n) is 4.16. The fourth-order valence-corrected chi connectivity index (χ4v) is 3.03. The highest BCUT2D eigenvalue weighted by Gasteiger charge is 2.08. The first-order valence-electron chi connectivity index (χ1n) is 5.65. The molecule has 100 valence electrons. The van der Waals surface area contributed by atoms with Gasteiger partial charge in [0.15, 0.2) is 11.6 Å². The van der Waals surface area contributed by atoms with Crippen LogP contribution in [0.5, 0.6) is 0 Å². The summed E-state index contributed by atoms with van der Waals surface area (Å²) < 4.78 is 26.9. The zero-order chi connectivity index (χ0) is 14.0. The molecule has 0 aliphatic heterocycles. The van der Waals surface area contributed by atoms with Gasteiger partial charge in [-0.1, -0.05) is 17.8 Å². The van der Waals surface area contributed by atoms with Crippen LogP contribution in [0.15, 0.2) is 50.7 Å². The molecule has 0 aliphatic rings. The van der Waals surface area contributed by atoms with Gasteiger partial charge in [-0.3, -0.25) is 0 Å². The first kappa shape index (κ1) is 14.5. The summed E-state index contributed by atoms with van der Waals surface area (Å²) in [5, 5.41) is 0. The van der Waals surface area contributed by atoms with Gasteiger partial charge in [-0.25, -0.2) is 8.78 Å². The summed E-state index contributed by atoms with van der Waals surface area (Å²) in [6.07, 6.45) is 0. The summed E-state index contributed by atoms with van der Waals surface area (Å²) >= 11 is 4.82. The topological polar surface area (TPSA) is 26.0 Å². The van der Waals surface area contributed by atoms with Crippen molar-refractivity contribution in [1.82, 2.24) is 0 Å². The smallest absolute Gasteiger partial charge is 0.159 e. The molecule has 2 aromatic carbocycles. The minimum atomic E-state index is -0.840. The van der Waals surface area contributed by atoms with Crippen molar-refractivity contribution >= 4 is 27.7 Å². The Morgan fingerprint density at radius 3 is 2.42 bits per heavy atom. The van der Waals surface area contributed by atoms with Crippen LogP contribution in [-0.4, -0.2) is 0 Å². The second kappa shape index (κ2) is 6.03. The SMILES string of the molecule is C[C@H](N)c1ccc(Sc2ccc(F)c(F)c2)c(Br)c1. The quantitative estimate of drug-likeness (QED) is 0.857. The molecule has 1 atom stereocenters. The number of benzene rings is 2. The van der Waals surface area contributed by atoms with Gasteiger partial charge in [0.25, 0.3) is 0 Å². The Balaban J connectivity index is 2.25. The van der Waals surface area contributed by atoms with Gasteiger partial charge in [-0.05, 0) is 58.7 Å². The van der Waals surface area contributed by atoms with Crippen molar-refractivity contribution in [2.45, 2.75) is 22.8 Å². The molecular weight excluding hydrogens is 332 g/mol. The maximum atomic E-state index is 13.1. The van der Waals surface area contributed by atoms with Gasteiger partial charge in [-0.2, -0.15) is 0 Å². The normalized spacial score (nSPS) is 12.5. The van der Waals surface area contributed by atoms with Gasteiger partial charge in [-0.15, -0.1) is 0 Å². The number of nitrogens with two attached hydrogens (primary N) is 1. The maximum Gasteiger partial charge on any atom is 0.159 e. The Morgan fingerprint density at radius 1 is 1.11 bits per heavy atom. The number of hydrogen-bond donors (Lipinski definition) is 1. The van der Waals surface area contributed by atoms with E-state index in [1.165, 1.54) is 17.8 Å². The lowest BCUT2D eigenvalue weighted by Gasteiger charge is -2.09. The largest absolute Gasteiger partial charge is 0.324 e. The Labute approximate surface area is 123 Å². The molecule has 0 heterocycles. The third kappa shape index (κ3) is 3.55. The molecule has 0 aliphatic carbocycles. The van der Waals surface area contributed by atoms with Crippen molar-refractivity contribution < 1.29 is 8.78 Å². The first-order valence-corrected chi connectivity index (χ1v) is 7.26. The van der Waals surface area contributed by atoms with Crippen LogP contribution in [0.2, 0.25) is 0 Å². The first-order chi connectivity index (χ1) is 8.97. The van der Waals surface area contributed by atoms with Crippen LogP contribution < -0.4 is 5.73 Å². The Hall–Kier alpha value is -0.910. The molecule has 0 amide bonds. The molecular formula is C14H12BrF2NS. The summed E-state index contributed by atoms with van der Waals surface area (Å²) in [6.45, 7) is 1.91. The summed E-state index contributed by atoms with van der Waals surface area (Å²) in [5.74, 6) is -1.68. The lowest BCUT2D eigenvalue weighted by molar-refractivity contribution is 0.506. The van der Waals surface area contributed by atoms with E-state index in [1.807, 2.05) is 25.1 Å². The molecule has 0 unspecified atom stereocenters. The van der Waals surface area contributed by atoms with Crippen LogP contribution >= 0.6 is 27.7 Å². The minimum Gasteiger partial charge on any atom is -0.324 e. The van der Waals surface area contributed by atoms with Crippen molar-refractivity contribution in [2.24, 2.45) is 5.73 Å². The van der Waals surface area contributed by atoms with Gasteiger partial charge in [0.2, 0.25) is 0 Å². The van der Waals surface area contributed by atoms with E-state index in [9.17, 15) is 8.78 Å². The molecule has 5 heteroatoms. The van der Waals surface area contributed by atoms with E-state index in [0.717, 1.165) is 21.0 Å². The highest BCUT2D eigenvalue weighted by molar-refractivity contribution is 9.10. The average molecular weight is 344 g/mol.